The molecule has 0 bridgehead atoms. The van der Waals surface area contributed by atoms with Crippen molar-refractivity contribution in [2.45, 2.75) is 38.0 Å². The second-order valence-electron chi connectivity index (χ2n) is 4.68. The van der Waals surface area contributed by atoms with Gasteiger partial charge in [-0.15, -0.1) is 11.6 Å². The molecule has 16 heavy (non-hydrogen) atoms. The molecule has 0 amide bonds. The van der Waals surface area contributed by atoms with Gasteiger partial charge in [0.2, 0.25) is 0 Å². The molecule has 0 saturated heterocycles. The van der Waals surface area contributed by atoms with Crippen LogP contribution in [0.15, 0.2) is 24.3 Å². The van der Waals surface area contributed by atoms with Gasteiger partial charge in [0.25, 0.3) is 0 Å². The van der Waals surface area contributed by atoms with Crippen LogP contribution in [-0.4, -0.2) is 5.88 Å². The molecule has 1 aromatic carbocycles. The van der Waals surface area contributed by atoms with E-state index in [9.17, 15) is 4.39 Å². The van der Waals surface area contributed by atoms with Gasteiger partial charge in [-0.2, -0.15) is 0 Å². The SMILES string of the molecule is Fc1ccccc1C(CCl)C1CCCCC1. The van der Waals surface area contributed by atoms with E-state index >= 15 is 0 Å². The van der Waals surface area contributed by atoms with E-state index < -0.39 is 0 Å². The molecular formula is C14H18ClF. The summed E-state index contributed by atoms with van der Waals surface area (Å²) in [7, 11) is 0. The van der Waals surface area contributed by atoms with Crippen molar-refractivity contribution in [2.24, 2.45) is 5.92 Å². The number of alkyl halides is 1. The van der Waals surface area contributed by atoms with Crippen molar-refractivity contribution in [2.75, 3.05) is 5.88 Å². The molecule has 1 aromatic rings. The summed E-state index contributed by atoms with van der Waals surface area (Å²) in [4.78, 5) is 0. The van der Waals surface area contributed by atoms with Crippen molar-refractivity contribution in [3.05, 3.63) is 35.6 Å². The number of hydrogen-bond acceptors (Lipinski definition) is 0. The normalized spacial score (nSPS) is 19.6. The van der Waals surface area contributed by atoms with Crippen molar-refractivity contribution in [3.8, 4) is 0 Å². The monoisotopic (exact) mass is 240 g/mol. The molecule has 2 rings (SSSR count). The predicted molar refractivity (Wildman–Crippen MR) is 66.4 cm³/mol. The Labute approximate surface area is 102 Å². The minimum absolute atomic E-state index is 0.0984. The average molecular weight is 241 g/mol. The lowest BCUT2D eigenvalue weighted by molar-refractivity contribution is 0.313. The van der Waals surface area contributed by atoms with E-state index in [0.29, 0.717) is 11.8 Å². The van der Waals surface area contributed by atoms with Crippen molar-refractivity contribution in [1.82, 2.24) is 0 Å². The highest BCUT2D eigenvalue weighted by Crippen LogP contribution is 2.37. The van der Waals surface area contributed by atoms with E-state index in [4.69, 9.17) is 11.6 Å². The molecule has 1 aliphatic rings. The van der Waals surface area contributed by atoms with E-state index in [0.717, 1.165) is 5.56 Å². The standard InChI is InChI=1S/C14H18ClF/c15-10-13(11-6-2-1-3-7-11)12-8-4-5-9-14(12)16/h4-5,8-9,11,13H,1-3,6-7,10H2. The van der Waals surface area contributed by atoms with E-state index in [2.05, 4.69) is 0 Å². The van der Waals surface area contributed by atoms with Gasteiger partial charge in [0, 0.05) is 11.8 Å². The molecular weight excluding hydrogens is 223 g/mol. The Kier molecular flexibility index (Phi) is 4.22. The average Bonchev–Trinajstić information content (AvgIpc) is 2.34. The molecule has 0 radical (unpaired) electrons. The van der Waals surface area contributed by atoms with Crippen molar-refractivity contribution in [3.63, 3.8) is 0 Å². The van der Waals surface area contributed by atoms with Gasteiger partial charge < -0.3 is 0 Å². The first-order valence-corrected chi connectivity index (χ1v) is 6.66. The highest BCUT2D eigenvalue weighted by atomic mass is 35.5. The van der Waals surface area contributed by atoms with Gasteiger partial charge in [-0.3, -0.25) is 0 Å². The van der Waals surface area contributed by atoms with E-state index in [-0.39, 0.29) is 11.7 Å². The van der Waals surface area contributed by atoms with Crippen molar-refractivity contribution < 1.29 is 4.39 Å². The summed E-state index contributed by atoms with van der Waals surface area (Å²) in [5.74, 6) is 1.20. The van der Waals surface area contributed by atoms with Gasteiger partial charge in [-0.05, 0) is 30.4 Å². The third-order valence-electron chi connectivity index (χ3n) is 3.69. The zero-order valence-corrected chi connectivity index (χ0v) is 10.2. The van der Waals surface area contributed by atoms with Crippen LogP contribution in [0.3, 0.4) is 0 Å². The first-order valence-electron chi connectivity index (χ1n) is 6.13. The molecule has 0 spiro atoms. The van der Waals surface area contributed by atoms with Gasteiger partial charge in [0.1, 0.15) is 5.82 Å². The van der Waals surface area contributed by atoms with Crippen LogP contribution in [0.4, 0.5) is 4.39 Å². The largest absolute Gasteiger partial charge is 0.207 e. The second-order valence-corrected chi connectivity index (χ2v) is 4.99. The van der Waals surface area contributed by atoms with Crippen LogP contribution in [0.5, 0.6) is 0 Å². The maximum Gasteiger partial charge on any atom is 0.126 e. The van der Waals surface area contributed by atoms with Crippen LogP contribution in [-0.2, 0) is 0 Å². The fourth-order valence-electron chi connectivity index (χ4n) is 2.78. The predicted octanol–water partition coefficient (Wildman–Crippen LogP) is 4.73. The Morgan fingerprint density at radius 3 is 2.50 bits per heavy atom. The van der Waals surface area contributed by atoms with E-state index in [1.807, 2.05) is 12.1 Å². The van der Waals surface area contributed by atoms with Gasteiger partial charge >= 0.3 is 0 Å². The summed E-state index contributed by atoms with van der Waals surface area (Å²) < 4.78 is 13.7. The molecule has 1 saturated carbocycles. The fourth-order valence-corrected chi connectivity index (χ4v) is 3.19. The smallest absolute Gasteiger partial charge is 0.126 e. The molecule has 0 aromatic heterocycles. The molecule has 88 valence electrons. The minimum Gasteiger partial charge on any atom is -0.207 e. The molecule has 1 aliphatic carbocycles. The van der Waals surface area contributed by atoms with Crippen LogP contribution in [0.1, 0.15) is 43.6 Å². The molecule has 1 atom stereocenters. The van der Waals surface area contributed by atoms with Gasteiger partial charge in [-0.1, -0.05) is 37.5 Å². The zero-order valence-electron chi connectivity index (χ0n) is 9.46. The van der Waals surface area contributed by atoms with Gasteiger partial charge in [-0.25, -0.2) is 4.39 Å². The first-order chi connectivity index (χ1) is 7.83. The summed E-state index contributed by atoms with van der Waals surface area (Å²) in [6.07, 6.45) is 6.26. The Morgan fingerprint density at radius 2 is 1.88 bits per heavy atom. The zero-order chi connectivity index (χ0) is 11.4. The van der Waals surface area contributed by atoms with Crippen LogP contribution in [0, 0.1) is 11.7 Å². The number of hydrogen-bond donors (Lipinski definition) is 0. The minimum atomic E-state index is -0.0984. The van der Waals surface area contributed by atoms with Crippen LogP contribution in [0.25, 0.3) is 0 Å². The van der Waals surface area contributed by atoms with Crippen LogP contribution in [0.2, 0.25) is 0 Å². The first kappa shape index (κ1) is 11.9. The topological polar surface area (TPSA) is 0 Å². The third kappa shape index (κ3) is 2.57. The second kappa shape index (κ2) is 5.67. The molecule has 2 heteroatoms. The number of rotatable bonds is 3. The van der Waals surface area contributed by atoms with Crippen LogP contribution < -0.4 is 0 Å². The maximum absolute atomic E-state index is 13.7. The van der Waals surface area contributed by atoms with Gasteiger partial charge in [0.05, 0.1) is 0 Å². The van der Waals surface area contributed by atoms with Crippen molar-refractivity contribution in [1.29, 1.82) is 0 Å². The van der Waals surface area contributed by atoms with E-state index in [1.165, 1.54) is 38.2 Å². The maximum atomic E-state index is 13.7. The molecule has 0 heterocycles. The summed E-state index contributed by atoms with van der Waals surface area (Å²) in [6.45, 7) is 0. The fraction of sp³-hybridized carbons (Fsp3) is 0.571. The van der Waals surface area contributed by atoms with Crippen molar-refractivity contribution >= 4 is 11.6 Å². The Balaban J connectivity index is 2.18. The lowest BCUT2D eigenvalue weighted by atomic mass is 9.77. The van der Waals surface area contributed by atoms with Crippen LogP contribution >= 0.6 is 11.6 Å². The lowest BCUT2D eigenvalue weighted by Gasteiger charge is -2.29. The van der Waals surface area contributed by atoms with Gasteiger partial charge in [0.15, 0.2) is 0 Å². The molecule has 0 aliphatic heterocycles. The van der Waals surface area contributed by atoms with E-state index in [1.54, 1.807) is 6.07 Å². The Hall–Kier alpha value is -0.560. The quantitative estimate of drug-likeness (QED) is 0.670. The lowest BCUT2D eigenvalue weighted by Crippen LogP contribution is -2.18. The summed E-state index contributed by atoms with van der Waals surface area (Å²) in [5, 5.41) is 0. The number of halogens is 2. The molecule has 0 nitrogen and oxygen atoms in total. The Morgan fingerprint density at radius 1 is 1.19 bits per heavy atom. The highest BCUT2D eigenvalue weighted by Gasteiger charge is 2.26. The summed E-state index contributed by atoms with van der Waals surface area (Å²) in [6, 6.07) is 7.07. The summed E-state index contributed by atoms with van der Waals surface area (Å²) >= 11 is 6.04. The summed E-state index contributed by atoms with van der Waals surface area (Å²) in [5.41, 5.74) is 0.810. The molecule has 0 N–H and O–H groups in total. The molecule has 1 fully saturated rings. The highest BCUT2D eigenvalue weighted by molar-refractivity contribution is 6.18. The third-order valence-corrected chi connectivity index (χ3v) is 4.02. The Bertz CT molecular complexity index is 331. The number of benzene rings is 1. The molecule has 1 unspecified atom stereocenters.